The zero-order valence-corrected chi connectivity index (χ0v) is 15.9. The van der Waals surface area contributed by atoms with Crippen molar-refractivity contribution in [2.45, 2.75) is 19.8 Å². The van der Waals surface area contributed by atoms with Gasteiger partial charge in [-0.25, -0.2) is 9.97 Å². The fourth-order valence-corrected chi connectivity index (χ4v) is 3.53. The molecule has 3 rings (SSSR count). The van der Waals surface area contributed by atoms with Gasteiger partial charge in [0.2, 0.25) is 0 Å². The minimum Gasteiger partial charge on any atom is -0.481 e. The number of benzene rings is 1. The first-order valence-corrected chi connectivity index (χ1v) is 9.19. The van der Waals surface area contributed by atoms with E-state index >= 15 is 0 Å². The summed E-state index contributed by atoms with van der Waals surface area (Å²) in [5.74, 6) is 1.03. The van der Waals surface area contributed by atoms with Gasteiger partial charge in [-0.15, -0.1) is 0 Å². The molecule has 0 aliphatic carbocycles. The lowest BCUT2D eigenvalue weighted by atomic mass is 10.1. The zero-order chi connectivity index (χ0) is 18.7. The Morgan fingerprint density at radius 2 is 2.15 bits per heavy atom. The Bertz CT molecular complexity index is 816. The maximum atomic E-state index is 11.1. The van der Waals surface area contributed by atoms with Gasteiger partial charge in [0.05, 0.1) is 5.92 Å². The summed E-state index contributed by atoms with van der Waals surface area (Å²) in [5.41, 5.74) is 1.01. The number of halogens is 2. The molecule has 1 saturated heterocycles. The van der Waals surface area contributed by atoms with Crippen LogP contribution in [0.5, 0.6) is 0 Å². The minimum absolute atomic E-state index is 0.339. The molecule has 2 aromatic rings. The van der Waals surface area contributed by atoms with Crippen molar-refractivity contribution < 1.29 is 9.90 Å². The molecule has 26 heavy (non-hydrogen) atoms. The molecule has 0 bridgehead atoms. The predicted octanol–water partition coefficient (Wildman–Crippen LogP) is 3.66. The van der Waals surface area contributed by atoms with Crippen LogP contribution in [0, 0.1) is 12.8 Å². The third-order valence-corrected chi connectivity index (χ3v) is 4.99. The van der Waals surface area contributed by atoms with Crippen LogP contribution < -0.4 is 10.2 Å². The van der Waals surface area contributed by atoms with Gasteiger partial charge < -0.3 is 15.3 Å². The van der Waals surface area contributed by atoms with Gasteiger partial charge in [0.15, 0.2) is 0 Å². The SMILES string of the molecule is Cc1nc(NCCc2ccc(Cl)cc2Cl)cc(N2CCC(C(=O)O)C2)n1. The molecule has 0 spiro atoms. The molecular weight excluding hydrogens is 375 g/mol. The van der Waals surface area contributed by atoms with Crippen molar-refractivity contribution in [3.63, 3.8) is 0 Å². The van der Waals surface area contributed by atoms with E-state index < -0.39 is 5.97 Å². The van der Waals surface area contributed by atoms with Gasteiger partial charge in [-0.1, -0.05) is 29.3 Å². The molecule has 8 heteroatoms. The molecule has 1 aromatic carbocycles. The van der Waals surface area contributed by atoms with Crippen molar-refractivity contribution in [2.75, 3.05) is 29.9 Å². The molecule has 1 unspecified atom stereocenters. The molecule has 1 atom stereocenters. The molecule has 138 valence electrons. The molecule has 0 radical (unpaired) electrons. The maximum Gasteiger partial charge on any atom is 0.308 e. The molecule has 2 heterocycles. The Morgan fingerprint density at radius 1 is 1.35 bits per heavy atom. The summed E-state index contributed by atoms with van der Waals surface area (Å²) < 4.78 is 0. The first-order chi connectivity index (χ1) is 12.4. The van der Waals surface area contributed by atoms with Crippen molar-refractivity contribution >= 4 is 40.8 Å². The third-order valence-electron chi connectivity index (χ3n) is 4.40. The second-order valence-electron chi connectivity index (χ2n) is 6.34. The zero-order valence-electron chi connectivity index (χ0n) is 14.4. The minimum atomic E-state index is -0.753. The normalized spacial score (nSPS) is 16.7. The Kier molecular flexibility index (Phi) is 5.84. The van der Waals surface area contributed by atoms with E-state index in [1.807, 2.05) is 30.0 Å². The second-order valence-corrected chi connectivity index (χ2v) is 7.18. The first-order valence-electron chi connectivity index (χ1n) is 8.43. The van der Waals surface area contributed by atoms with E-state index in [1.54, 1.807) is 6.07 Å². The van der Waals surface area contributed by atoms with Gasteiger partial charge >= 0.3 is 5.97 Å². The summed E-state index contributed by atoms with van der Waals surface area (Å²) in [7, 11) is 0. The van der Waals surface area contributed by atoms with E-state index in [-0.39, 0.29) is 5.92 Å². The standard InChI is InChI=1S/C18H20Cl2N4O2/c1-11-22-16(21-6-4-12-2-3-14(19)8-15(12)20)9-17(23-11)24-7-5-13(10-24)18(25)26/h2-3,8-9,13H,4-7,10H2,1H3,(H,25,26)(H,21,22,23). The highest BCUT2D eigenvalue weighted by atomic mass is 35.5. The average molecular weight is 395 g/mol. The number of aryl methyl sites for hydroxylation is 1. The fraction of sp³-hybridized carbons (Fsp3) is 0.389. The van der Waals surface area contributed by atoms with Crippen LogP contribution in [0.2, 0.25) is 10.0 Å². The quantitative estimate of drug-likeness (QED) is 0.778. The van der Waals surface area contributed by atoms with Crippen LogP contribution in [0.15, 0.2) is 24.3 Å². The van der Waals surface area contributed by atoms with Crippen molar-refractivity contribution in [2.24, 2.45) is 5.92 Å². The van der Waals surface area contributed by atoms with Gasteiger partial charge in [-0.3, -0.25) is 4.79 Å². The average Bonchev–Trinajstić information content (AvgIpc) is 3.07. The number of nitrogens with zero attached hydrogens (tertiary/aromatic N) is 3. The van der Waals surface area contributed by atoms with Crippen LogP contribution >= 0.6 is 23.2 Å². The number of anilines is 2. The van der Waals surface area contributed by atoms with Crippen LogP contribution in [0.4, 0.5) is 11.6 Å². The molecule has 0 saturated carbocycles. The molecule has 1 aliphatic heterocycles. The lowest BCUT2D eigenvalue weighted by Crippen LogP contribution is -2.24. The third kappa shape index (κ3) is 4.56. The van der Waals surface area contributed by atoms with E-state index in [1.165, 1.54) is 0 Å². The van der Waals surface area contributed by atoms with E-state index in [9.17, 15) is 4.79 Å². The summed E-state index contributed by atoms with van der Waals surface area (Å²) in [6.07, 6.45) is 1.37. The molecule has 2 N–H and O–H groups in total. The van der Waals surface area contributed by atoms with Crippen molar-refractivity contribution in [3.05, 3.63) is 45.7 Å². The van der Waals surface area contributed by atoms with Gasteiger partial charge in [0, 0.05) is 35.7 Å². The number of carboxylic acid groups (broad SMARTS) is 1. The number of aromatic nitrogens is 2. The highest BCUT2D eigenvalue weighted by molar-refractivity contribution is 6.35. The highest BCUT2D eigenvalue weighted by Gasteiger charge is 2.29. The van der Waals surface area contributed by atoms with E-state index in [2.05, 4.69) is 15.3 Å². The summed E-state index contributed by atoms with van der Waals surface area (Å²) in [6, 6.07) is 7.33. The second kappa shape index (κ2) is 8.10. The summed E-state index contributed by atoms with van der Waals surface area (Å²) in [5, 5.41) is 13.7. The van der Waals surface area contributed by atoms with E-state index in [0.29, 0.717) is 41.9 Å². The Hall–Kier alpha value is -2.05. The Labute approximate surface area is 162 Å². The number of aliphatic carboxylic acids is 1. The molecule has 1 aliphatic rings. The molecule has 0 amide bonds. The molecule has 1 fully saturated rings. The number of nitrogens with one attached hydrogen (secondary N) is 1. The van der Waals surface area contributed by atoms with Crippen LogP contribution in [0.25, 0.3) is 0 Å². The van der Waals surface area contributed by atoms with Gasteiger partial charge in [0.25, 0.3) is 0 Å². The number of hydrogen-bond donors (Lipinski definition) is 2. The number of hydrogen-bond acceptors (Lipinski definition) is 5. The number of carbonyl (C=O) groups is 1. The lowest BCUT2D eigenvalue weighted by Gasteiger charge is -2.18. The largest absolute Gasteiger partial charge is 0.481 e. The van der Waals surface area contributed by atoms with Gasteiger partial charge in [-0.2, -0.15) is 0 Å². The Morgan fingerprint density at radius 3 is 2.85 bits per heavy atom. The van der Waals surface area contributed by atoms with Crippen LogP contribution in [-0.4, -0.2) is 40.7 Å². The van der Waals surface area contributed by atoms with E-state index in [0.717, 1.165) is 23.6 Å². The fourth-order valence-electron chi connectivity index (χ4n) is 3.02. The number of carboxylic acids is 1. The summed E-state index contributed by atoms with van der Waals surface area (Å²) >= 11 is 12.1. The molecule has 6 nitrogen and oxygen atoms in total. The monoisotopic (exact) mass is 394 g/mol. The van der Waals surface area contributed by atoms with Crippen molar-refractivity contribution in [3.8, 4) is 0 Å². The predicted molar refractivity (Wildman–Crippen MR) is 103 cm³/mol. The van der Waals surface area contributed by atoms with Crippen LogP contribution in [0.3, 0.4) is 0 Å². The summed E-state index contributed by atoms with van der Waals surface area (Å²) in [4.78, 5) is 22.0. The number of rotatable bonds is 6. The van der Waals surface area contributed by atoms with Gasteiger partial charge in [0.1, 0.15) is 17.5 Å². The topological polar surface area (TPSA) is 78.4 Å². The van der Waals surface area contributed by atoms with Gasteiger partial charge in [-0.05, 0) is 37.5 Å². The smallest absolute Gasteiger partial charge is 0.308 e. The highest BCUT2D eigenvalue weighted by Crippen LogP contribution is 2.25. The molecule has 1 aromatic heterocycles. The lowest BCUT2D eigenvalue weighted by molar-refractivity contribution is -0.140. The van der Waals surface area contributed by atoms with E-state index in [4.69, 9.17) is 28.3 Å². The summed E-state index contributed by atoms with van der Waals surface area (Å²) in [6.45, 7) is 3.66. The van der Waals surface area contributed by atoms with Crippen molar-refractivity contribution in [1.82, 2.24) is 9.97 Å². The Balaban J connectivity index is 1.63. The van der Waals surface area contributed by atoms with Crippen LogP contribution in [0.1, 0.15) is 17.8 Å². The van der Waals surface area contributed by atoms with Crippen molar-refractivity contribution in [1.29, 1.82) is 0 Å². The van der Waals surface area contributed by atoms with Crippen LogP contribution in [-0.2, 0) is 11.2 Å². The molecular formula is C18H20Cl2N4O2. The first kappa shape index (κ1) is 18.7. The maximum absolute atomic E-state index is 11.1.